The molecule has 0 bridgehead atoms. The first-order valence-corrected chi connectivity index (χ1v) is 2.91. The quantitative estimate of drug-likeness (QED) is 0.555. The molecular weight excluding hydrogens is 116 g/mol. The van der Waals surface area contributed by atoms with E-state index in [2.05, 4.69) is 10.7 Å². The molecule has 0 aliphatic heterocycles. The lowest BCUT2D eigenvalue weighted by Crippen LogP contribution is -2.12. The van der Waals surface area contributed by atoms with E-state index in [0.717, 1.165) is 0 Å². The largest absolute Gasteiger partial charge is 0.391 e. The zero-order chi connectivity index (χ0) is 7.11. The first kappa shape index (κ1) is 8.48. The molecule has 0 aliphatic carbocycles. The van der Waals surface area contributed by atoms with Crippen LogP contribution in [0, 0.1) is 12.3 Å². The molecule has 1 unspecified atom stereocenters. The highest BCUT2D eigenvalue weighted by atomic mass is 16.5. The molecular formula is C7H12O2. The summed E-state index contributed by atoms with van der Waals surface area (Å²) in [6.07, 6.45) is 5.82. The topological polar surface area (TPSA) is 29.5 Å². The monoisotopic (exact) mass is 128 g/mol. The van der Waals surface area contributed by atoms with Gasteiger partial charge in [0.15, 0.2) is 0 Å². The van der Waals surface area contributed by atoms with Gasteiger partial charge in [-0.05, 0) is 6.42 Å². The normalized spacial score (nSPS) is 12.6. The van der Waals surface area contributed by atoms with Crippen molar-refractivity contribution in [1.29, 1.82) is 0 Å². The van der Waals surface area contributed by atoms with Gasteiger partial charge in [0.25, 0.3) is 0 Å². The van der Waals surface area contributed by atoms with Gasteiger partial charge in [-0.1, -0.05) is 0 Å². The smallest absolute Gasteiger partial charge is 0.0782 e. The van der Waals surface area contributed by atoms with Crippen molar-refractivity contribution in [2.45, 2.75) is 18.9 Å². The van der Waals surface area contributed by atoms with Crippen molar-refractivity contribution in [3.05, 3.63) is 0 Å². The minimum atomic E-state index is -0.397. The SMILES string of the molecule is C#CCCC(O)COC. The molecule has 0 aromatic heterocycles. The summed E-state index contributed by atoms with van der Waals surface area (Å²) in [7, 11) is 1.55. The third-order valence-corrected chi connectivity index (χ3v) is 0.981. The van der Waals surface area contributed by atoms with E-state index in [1.807, 2.05) is 0 Å². The Balaban J connectivity index is 3.07. The van der Waals surface area contributed by atoms with Gasteiger partial charge in [-0.15, -0.1) is 12.3 Å². The highest BCUT2D eigenvalue weighted by Crippen LogP contribution is 1.94. The van der Waals surface area contributed by atoms with Crippen LogP contribution in [0.3, 0.4) is 0 Å². The zero-order valence-corrected chi connectivity index (χ0v) is 5.63. The molecule has 0 rings (SSSR count). The van der Waals surface area contributed by atoms with Crippen molar-refractivity contribution < 1.29 is 9.84 Å². The van der Waals surface area contributed by atoms with Crippen molar-refractivity contribution >= 4 is 0 Å². The maximum atomic E-state index is 8.96. The van der Waals surface area contributed by atoms with Crippen LogP contribution < -0.4 is 0 Å². The predicted molar refractivity (Wildman–Crippen MR) is 35.9 cm³/mol. The van der Waals surface area contributed by atoms with Gasteiger partial charge in [0.2, 0.25) is 0 Å². The van der Waals surface area contributed by atoms with E-state index in [0.29, 0.717) is 19.4 Å². The number of ether oxygens (including phenoxy) is 1. The van der Waals surface area contributed by atoms with Crippen LogP contribution in [0.4, 0.5) is 0 Å². The maximum Gasteiger partial charge on any atom is 0.0782 e. The molecule has 0 fully saturated rings. The van der Waals surface area contributed by atoms with Crippen LogP contribution in [-0.2, 0) is 4.74 Å². The lowest BCUT2D eigenvalue weighted by molar-refractivity contribution is 0.0603. The molecule has 0 aromatic carbocycles. The molecule has 0 amide bonds. The third kappa shape index (κ3) is 5.35. The maximum absolute atomic E-state index is 8.96. The van der Waals surface area contributed by atoms with E-state index in [9.17, 15) is 0 Å². The molecule has 0 heterocycles. The van der Waals surface area contributed by atoms with Gasteiger partial charge in [-0.2, -0.15) is 0 Å². The summed E-state index contributed by atoms with van der Waals surface area (Å²) >= 11 is 0. The molecule has 0 saturated heterocycles. The van der Waals surface area contributed by atoms with Crippen LogP contribution in [-0.4, -0.2) is 24.9 Å². The Morgan fingerprint density at radius 1 is 1.78 bits per heavy atom. The van der Waals surface area contributed by atoms with Crippen LogP contribution in [0.15, 0.2) is 0 Å². The van der Waals surface area contributed by atoms with Crippen molar-refractivity contribution in [3.8, 4) is 12.3 Å². The van der Waals surface area contributed by atoms with Gasteiger partial charge in [-0.3, -0.25) is 0 Å². The Morgan fingerprint density at radius 3 is 2.89 bits per heavy atom. The fraction of sp³-hybridized carbons (Fsp3) is 0.714. The summed E-state index contributed by atoms with van der Waals surface area (Å²) in [4.78, 5) is 0. The van der Waals surface area contributed by atoms with Gasteiger partial charge in [-0.25, -0.2) is 0 Å². The highest BCUT2D eigenvalue weighted by Gasteiger charge is 1.99. The van der Waals surface area contributed by atoms with E-state index in [1.165, 1.54) is 0 Å². The molecule has 2 heteroatoms. The summed E-state index contributed by atoms with van der Waals surface area (Å²) in [5.41, 5.74) is 0. The molecule has 0 aliphatic rings. The minimum Gasteiger partial charge on any atom is -0.391 e. The Labute approximate surface area is 55.8 Å². The molecule has 0 aromatic rings. The Hall–Kier alpha value is -0.520. The lowest BCUT2D eigenvalue weighted by Gasteiger charge is -2.04. The fourth-order valence-corrected chi connectivity index (χ4v) is 0.526. The second-order valence-electron chi connectivity index (χ2n) is 1.85. The van der Waals surface area contributed by atoms with E-state index in [1.54, 1.807) is 7.11 Å². The first-order chi connectivity index (χ1) is 4.31. The number of methoxy groups -OCH3 is 1. The van der Waals surface area contributed by atoms with Crippen molar-refractivity contribution in [2.24, 2.45) is 0 Å². The number of rotatable bonds is 4. The van der Waals surface area contributed by atoms with Gasteiger partial charge in [0.05, 0.1) is 12.7 Å². The van der Waals surface area contributed by atoms with Crippen molar-refractivity contribution in [2.75, 3.05) is 13.7 Å². The summed E-state index contributed by atoms with van der Waals surface area (Å²) in [5, 5.41) is 8.96. The molecule has 0 saturated carbocycles. The van der Waals surface area contributed by atoms with E-state index in [4.69, 9.17) is 11.5 Å². The lowest BCUT2D eigenvalue weighted by atomic mass is 10.2. The highest BCUT2D eigenvalue weighted by molar-refractivity contribution is 4.84. The summed E-state index contributed by atoms with van der Waals surface area (Å²) in [6, 6.07) is 0. The fourth-order valence-electron chi connectivity index (χ4n) is 0.526. The van der Waals surface area contributed by atoms with E-state index < -0.39 is 6.10 Å². The summed E-state index contributed by atoms with van der Waals surface area (Å²) in [5.74, 6) is 2.44. The Kier molecular flexibility index (Phi) is 5.29. The molecule has 9 heavy (non-hydrogen) atoms. The van der Waals surface area contributed by atoms with Crippen LogP contribution in [0.2, 0.25) is 0 Å². The standard InChI is InChI=1S/C7H12O2/c1-3-4-5-7(8)6-9-2/h1,7-8H,4-6H2,2H3. The Morgan fingerprint density at radius 2 is 2.44 bits per heavy atom. The predicted octanol–water partition coefficient (Wildman–Crippen LogP) is 0.407. The Bertz CT molecular complexity index is 93.6. The zero-order valence-electron chi connectivity index (χ0n) is 5.63. The van der Waals surface area contributed by atoms with E-state index >= 15 is 0 Å². The number of aliphatic hydroxyl groups excluding tert-OH is 1. The van der Waals surface area contributed by atoms with E-state index in [-0.39, 0.29) is 0 Å². The van der Waals surface area contributed by atoms with Crippen molar-refractivity contribution in [1.82, 2.24) is 0 Å². The molecule has 0 spiro atoms. The van der Waals surface area contributed by atoms with Gasteiger partial charge < -0.3 is 9.84 Å². The van der Waals surface area contributed by atoms with Crippen molar-refractivity contribution in [3.63, 3.8) is 0 Å². The van der Waals surface area contributed by atoms with Gasteiger partial charge in [0, 0.05) is 13.5 Å². The molecule has 1 atom stereocenters. The summed E-state index contributed by atoms with van der Waals surface area (Å²) in [6.45, 7) is 0.377. The number of terminal acetylenes is 1. The average Bonchev–Trinajstić information content (AvgIpc) is 1.85. The first-order valence-electron chi connectivity index (χ1n) is 2.91. The molecule has 2 nitrogen and oxygen atoms in total. The van der Waals surface area contributed by atoms with Crippen LogP contribution in [0.25, 0.3) is 0 Å². The summed E-state index contributed by atoms with van der Waals surface area (Å²) < 4.78 is 4.68. The number of hydrogen-bond donors (Lipinski definition) is 1. The van der Waals surface area contributed by atoms with Gasteiger partial charge >= 0.3 is 0 Å². The van der Waals surface area contributed by atoms with Gasteiger partial charge in [0.1, 0.15) is 0 Å². The number of aliphatic hydroxyl groups is 1. The second kappa shape index (κ2) is 5.61. The van der Waals surface area contributed by atoms with Crippen LogP contribution in [0.5, 0.6) is 0 Å². The van der Waals surface area contributed by atoms with Crippen LogP contribution in [0.1, 0.15) is 12.8 Å². The average molecular weight is 128 g/mol. The molecule has 0 radical (unpaired) electrons. The minimum absolute atomic E-state index is 0.377. The number of hydrogen-bond acceptors (Lipinski definition) is 2. The third-order valence-electron chi connectivity index (χ3n) is 0.981. The second-order valence-corrected chi connectivity index (χ2v) is 1.85. The molecule has 52 valence electrons. The van der Waals surface area contributed by atoms with Crippen LogP contribution >= 0.6 is 0 Å². The molecule has 1 N–H and O–H groups in total.